The molecule has 4 atom stereocenters. The van der Waals surface area contributed by atoms with Crippen LogP contribution in [0.15, 0.2) is 48.5 Å². The molecule has 4 fully saturated rings. The number of ether oxygens (including phenoxy) is 4. The van der Waals surface area contributed by atoms with Gasteiger partial charge >= 0.3 is 36.1 Å². The molecule has 0 aromatic heterocycles. The second kappa shape index (κ2) is 25.9. The summed E-state index contributed by atoms with van der Waals surface area (Å²) in [7, 11) is 0. The van der Waals surface area contributed by atoms with Crippen LogP contribution >= 0.6 is 0 Å². The molecule has 4 saturated heterocycles. The van der Waals surface area contributed by atoms with Crippen LogP contribution in [0.2, 0.25) is 0 Å². The van der Waals surface area contributed by atoms with Gasteiger partial charge in [-0.2, -0.15) is 0 Å². The number of nitrogen functional groups attached to an aromatic ring is 2. The van der Waals surface area contributed by atoms with Gasteiger partial charge in [0.05, 0.1) is 39.1 Å². The number of nitrogens with one attached hydrogen (secondary N) is 2. The molecule has 9 N–H and O–H groups in total. The van der Waals surface area contributed by atoms with Crippen molar-refractivity contribution in [1.82, 2.24) is 19.6 Å². The second-order valence-electron chi connectivity index (χ2n) is 16.1. The fourth-order valence-electron chi connectivity index (χ4n) is 7.90. The number of hydrogen-bond donors (Lipinski definition) is 7. The molecule has 24 heteroatoms. The van der Waals surface area contributed by atoms with Crippen molar-refractivity contribution >= 4 is 65.1 Å². The number of rotatable bonds is 18. The number of anilines is 2. The average Bonchev–Trinajstić information content (AvgIpc) is 3.85. The van der Waals surface area contributed by atoms with E-state index in [-0.39, 0.29) is 43.5 Å². The Hall–Kier alpha value is -6.89. The second-order valence-corrected chi connectivity index (χ2v) is 16.1. The summed E-state index contributed by atoms with van der Waals surface area (Å²) in [6, 6.07) is 12.0. The van der Waals surface area contributed by atoms with Crippen molar-refractivity contribution in [2.24, 2.45) is 11.5 Å². The van der Waals surface area contributed by atoms with Crippen molar-refractivity contribution in [3.05, 3.63) is 59.7 Å². The van der Waals surface area contributed by atoms with E-state index < -0.39 is 60.5 Å². The van der Waals surface area contributed by atoms with E-state index in [1.807, 2.05) is 4.90 Å². The fourth-order valence-corrected chi connectivity index (χ4v) is 7.90. The Bertz CT molecular complexity index is 2090. The third-order valence-corrected chi connectivity index (χ3v) is 11.2. The van der Waals surface area contributed by atoms with Gasteiger partial charge < -0.3 is 45.7 Å². The highest BCUT2D eigenvalue weighted by molar-refractivity contribution is 5.97. The minimum Gasteiger partial charge on any atom is -0.481 e. The van der Waals surface area contributed by atoms with Crippen molar-refractivity contribution in [1.29, 1.82) is 10.8 Å². The number of carboxylic acids is 3. The first-order chi connectivity index (χ1) is 32.3. The van der Waals surface area contributed by atoms with Crippen molar-refractivity contribution in [3.63, 3.8) is 0 Å². The Morgan fingerprint density at radius 3 is 1.37 bits per heavy atom. The Morgan fingerprint density at radius 2 is 1.03 bits per heavy atom. The molecular weight excluding hydrogens is 893 g/mol. The van der Waals surface area contributed by atoms with Gasteiger partial charge in [0.2, 0.25) is 0 Å². The Morgan fingerprint density at radius 1 is 0.647 bits per heavy atom. The SMILES string of the molecule is CC(=O)O.CCOC(=O)CC(C(=O)OCC)N1CCN(CC2CN(c3ccc(C(=N)N)cc3)C(=O)O2)CC1.N=C(N)c1ccc(N2CC(CN3CCN(C(CC(=O)O)C(=O)O)CC3)OC2=O)cc1. The Labute approximate surface area is 393 Å². The molecule has 0 spiro atoms. The number of carbonyl (C=O) groups excluding carboxylic acids is 4. The number of carbonyl (C=O) groups is 7. The summed E-state index contributed by atoms with van der Waals surface area (Å²) in [6.07, 6.45) is -1.94. The number of esters is 2. The molecule has 2 aromatic rings. The summed E-state index contributed by atoms with van der Waals surface area (Å²) in [5.74, 6) is -4.02. The van der Waals surface area contributed by atoms with E-state index >= 15 is 0 Å². The lowest BCUT2D eigenvalue weighted by Gasteiger charge is -2.38. The van der Waals surface area contributed by atoms with E-state index in [0.29, 0.717) is 101 Å². The highest BCUT2D eigenvalue weighted by atomic mass is 16.6. The Kier molecular flexibility index (Phi) is 20.4. The summed E-state index contributed by atoms with van der Waals surface area (Å²) in [5.41, 5.74) is 13.5. The zero-order chi connectivity index (χ0) is 50.1. The molecular formula is C44H62N10O14. The number of nitrogens with zero attached hydrogens (tertiary/aromatic N) is 6. The molecule has 0 radical (unpaired) electrons. The predicted molar refractivity (Wildman–Crippen MR) is 245 cm³/mol. The Balaban J connectivity index is 0.000000277. The number of piperazine rings is 2. The number of carboxylic acid groups (broad SMARTS) is 3. The third-order valence-electron chi connectivity index (χ3n) is 11.2. The quantitative estimate of drug-likeness (QED) is 0.0469. The van der Waals surface area contributed by atoms with Crippen molar-refractivity contribution in [2.75, 3.05) is 102 Å². The number of nitrogens with two attached hydrogens (primary N) is 2. The molecule has 0 saturated carbocycles. The van der Waals surface area contributed by atoms with E-state index in [1.165, 1.54) is 4.90 Å². The van der Waals surface area contributed by atoms with Gasteiger partial charge in [-0.25, -0.2) is 9.59 Å². The van der Waals surface area contributed by atoms with Crippen LogP contribution in [0.4, 0.5) is 21.0 Å². The molecule has 68 heavy (non-hydrogen) atoms. The summed E-state index contributed by atoms with van der Waals surface area (Å²) in [5, 5.41) is 40.5. The first kappa shape index (κ1) is 53.7. The van der Waals surface area contributed by atoms with Gasteiger partial charge in [0.1, 0.15) is 36.0 Å². The maximum absolute atomic E-state index is 12.4. The number of cyclic esters (lactones) is 2. The zero-order valence-corrected chi connectivity index (χ0v) is 38.4. The molecule has 372 valence electrons. The predicted octanol–water partition coefficient (Wildman–Crippen LogP) is 0.731. The molecule has 0 aliphatic carbocycles. The van der Waals surface area contributed by atoms with Crippen LogP contribution < -0.4 is 21.3 Å². The van der Waals surface area contributed by atoms with Crippen LogP contribution in [0.5, 0.6) is 0 Å². The molecule has 4 unspecified atom stereocenters. The number of amidine groups is 2. The summed E-state index contributed by atoms with van der Waals surface area (Å²) >= 11 is 0. The van der Waals surface area contributed by atoms with Crippen molar-refractivity contribution in [3.8, 4) is 0 Å². The van der Waals surface area contributed by atoms with Gasteiger partial charge in [0.25, 0.3) is 5.97 Å². The van der Waals surface area contributed by atoms with E-state index in [9.17, 15) is 33.9 Å². The number of benzene rings is 2. The monoisotopic (exact) mass is 954 g/mol. The van der Waals surface area contributed by atoms with E-state index in [2.05, 4.69) is 9.80 Å². The van der Waals surface area contributed by atoms with E-state index in [0.717, 1.165) is 6.92 Å². The first-order valence-corrected chi connectivity index (χ1v) is 22.0. The molecule has 24 nitrogen and oxygen atoms in total. The lowest BCUT2D eigenvalue weighted by atomic mass is 10.1. The first-order valence-electron chi connectivity index (χ1n) is 22.0. The zero-order valence-electron chi connectivity index (χ0n) is 38.4. The number of amides is 2. The van der Waals surface area contributed by atoms with Crippen LogP contribution in [0, 0.1) is 10.8 Å². The van der Waals surface area contributed by atoms with E-state index in [1.54, 1.807) is 72.2 Å². The summed E-state index contributed by atoms with van der Waals surface area (Å²) in [4.78, 5) is 91.3. The largest absolute Gasteiger partial charge is 0.481 e. The highest BCUT2D eigenvalue weighted by Gasteiger charge is 2.38. The number of hydrogen-bond acceptors (Lipinski definition) is 17. The standard InChI is InChI=1S/C23H33N5O6.C19H25N5O6.C2H4O2/c1-3-32-20(29)13-19(22(30)33-4-2)27-11-9-26(10-12-27)14-18-15-28(23(31)34-18)17-7-5-16(6-8-17)21(24)25;20-17(21)12-1-3-13(4-2-12)24-11-14(30-19(24)29)10-22-5-7-23(8-6-22)15(18(27)28)9-16(25)26;1-2(3)4/h5-8,18-19H,3-4,9-15H2,1-2H3,(H3,24,25);1-4,14-15H,5-11H2,(H3,20,21)(H,25,26)(H,27,28);1H3,(H,3,4). The highest BCUT2D eigenvalue weighted by Crippen LogP contribution is 2.25. The van der Waals surface area contributed by atoms with Crippen molar-refractivity contribution in [2.45, 2.75) is 57.9 Å². The minimum absolute atomic E-state index is 0.0278. The molecule has 4 aliphatic heterocycles. The molecule has 2 amide bonds. The van der Waals surface area contributed by atoms with Crippen molar-refractivity contribution < 1.29 is 67.8 Å². The van der Waals surface area contributed by atoms with Crippen LogP contribution in [0.25, 0.3) is 0 Å². The minimum atomic E-state index is -1.14. The number of aliphatic carboxylic acids is 3. The van der Waals surface area contributed by atoms with Gasteiger partial charge in [-0.1, -0.05) is 0 Å². The maximum atomic E-state index is 12.4. The molecule has 2 aromatic carbocycles. The van der Waals surface area contributed by atoms with Crippen LogP contribution in [-0.4, -0.2) is 205 Å². The normalized spacial score (nSPS) is 19.8. The third kappa shape index (κ3) is 16.2. The molecule has 0 bridgehead atoms. The summed E-state index contributed by atoms with van der Waals surface area (Å²) < 4.78 is 21.2. The lowest BCUT2D eigenvalue weighted by molar-refractivity contribution is -0.157. The maximum Gasteiger partial charge on any atom is 0.414 e. The van der Waals surface area contributed by atoms with Crippen LogP contribution in [0.1, 0.15) is 44.7 Å². The van der Waals surface area contributed by atoms with Gasteiger partial charge in [-0.15, -0.1) is 0 Å². The van der Waals surface area contributed by atoms with Crippen LogP contribution in [0.3, 0.4) is 0 Å². The fraction of sp³-hybridized carbons (Fsp3) is 0.523. The molecule has 4 heterocycles. The smallest absolute Gasteiger partial charge is 0.414 e. The van der Waals surface area contributed by atoms with Gasteiger partial charge in [0.15, 0.2) is 0 Å². The summed E-state index contributed by atoms with van der Waals surface area (Å²) in [6.45, 7) is 11.4. The molecule has 6 rings (SSSR count). The lowest BCUT2D eigenvalue weighted by Crippen LogP contribution is -2.54. The van der Waals surface area contributed by atoms with Crippen LogP contribution in [-0.2, 0) is 42.9 Å². The average molecular weight is 955 g/mol. The topological polar surface area (TPSA) is 336 Å². The van der Waals surface area contributed by atoms with Gasteiger partial charge in [-0.05, 0) is 62.4 Å². The van der Waals surface area contributed by atoms with Gasteiger partial charge in [0, 0.05) is 94.9 Å². The van der Waals surface area contributed by atoms with Gasteiger partial charge in [-0.3, -0.25) is 64.2 Å². The van der Waals surface area contributed by atoms with E-state index in [4.69, 9.17) is 56.2 Å². The molecule has 4 aliphatic rings.